The molecular formula is C54H43N. The van der Waals surface area contributed by atoms with E-state index in [0.717, 1.165) is 17.1 Å². The topological polar surface area (TPSA) is 3.24 Å². The van der Waals surface area contributed by atoms with Crippen LogP contribution in [-0.4, -0.2) is 0 Å². The highest BCUT2D eigenvalue weighted by molar-refractivity contribution is 6.25. The van der Waals surface area contributed by atoms with Crippen molar-refractivity contribution in [1.82, 2.24) is 0 Å². The minimum Gasteiger partial charge on any atom is -0.309 e. The van der Waals surface area contributed by atoms with E-state index in [1.807, 2.05) is 0 Å². The van der Waals surface area contributed by atoms with Crippen molar-refractivity contribution in [3.63, 3.8) is 0 Å². The second-order valence-electron chi connectivity index (χ2n) is 16.1. The van der Waals surface area contributed by atoms with Gasteiger partial charge >= 0.3 is 0 Å². The summed E-state index contributed by atoms with van der Waals surface area (Å²) in [6.07, 6.45) is 0. The summed E-state index contributed by atoms with van der Waals surface area (Å²) in [7, 11) is 0. The first kappa shape index (κ1) is 33.2. The van der Waals surface area contributed by atoms with Crippen molar-refractivity contribution < 1.29 is 0 Å². The van der Waals surface area contributed by atoms with Crippen molar-refractivity contribution in [2.45, 2.75) is 38.5 Å². The molecule has 0 bridgehead atoms. The first-order valence-corrected chi connectivity index (χ1v) is 19.4. The second kappa shape index (κ2) is 12.6. The lowest BCUT2D eigenvalue weighted by molar-refractivity contribution is 0.299. The normalized spacial score (nSPS) is 14.1. The number of nitrogens with zero attached hydrogens (tertiary/aromatic N) is 1. The monoisotopic (exact) mass is 705 g/mol. The quantitative estimate of drug-likeness (QED) is 0.161. The van der Waals surface area contributed by atoms with Gasteiger partial charge in [0.05, 0.1) is 11.4 Å². The summed E-state index contributed by atoms with van der Waals surface area (Å²) in [5, 5.41) is 7.70. The minimum atomic E-state index is -0.0405. The van der Waals surface area contributed by atoms with E-state index in [2.05, 4.69) is 221 Å². The van der Waals surface area contributed by atoms with E-state index >= 15 is 0 Å². The maximum atomic E-state index is 2.45. The largest absolute Gasteiger partial charge is 0.309 e. The van der Waals surface area contributed by atoms with Gasteiger partial charge in [0.1, 0.15) is 0 Å². The van der Waals surface area contributed by atoms with E-state index < -0.39 is 0 Å². The van der Waals surface area contributed by atoms with Crippen molar-refractivity contribution in [1.29, 1.82) is 0 Å². The van der Waals surface area contributed by atoms with Crippen molar-refractivity contribution in [3.8, 4) is 33.4 Å². The molecule has 0 spiro atoms. The lowest BCUT2D eigenvalue weighted by Gasteiger charge is -2.48. The molecule has 10 rings (SSSR count). The zero-order chi connectivity index (χ0) is 37.3. The predicted octanol–water partition coefficient (Wildman–Crippen LogP) is 15.2. The zero-order valence-corrected chi connectivity index (χ0v) is 31.8. The SMILES string of the molecule is CC1(C)c2ccccc2-c2cc(-c3ccccc3N(c3ccccc3)c3ccccc3-c3ccc4c5ccccc5c5ccccc5c4c3)ccc2C1(C)C. The van der Waals surface area contributed by atoms with Gasteiger partial charge in [-0.2, -0.15) is 0 Å². The maximum absolute atomic E-state index is 2.45. The number of fused-ring (bicyclic) bond motifs is 9. The fraction of sp³-hybridized carbons (Fsp3) is 0.111. The highest BCUT2D eigenvalue weighted by Gasteiger charge is 2.45. The molecule has 9 aromatic carbocycles. The highest BCUT2D eigenvalue weighted by Crippen LogP contribution is 2.55. The highest BCUT2D eigenvalue weighted by atomic mass is 15.1. The fourth-order valence-electron chi connectivity index (χ4n) is 9.30. The molecule has 0 amide bonds. The molecule has 0 saturated carbocycles. The van der Waals surface area contributed by atoms with Gasteiger partial charge in [0.15, 0.2) is 0 Å². The molecule has 264 valence electrons. The van der Waals surface area contributed by atoms with Crippen LogP contribution in [0.4, 0.5) is 17.1 Å². The molecule has 1 heteroatoms. The van der Waals surface area contributed by atoms with Crippen LogP contribution in [0.2, 0.25) is 0 Å². The third-order valence-electron chi connectivity index (χ3n) is 12.8. The number of hydrogen-bond acceptors (Lipinski definition) is 1. The van der Waals surface area contributed by atoms with E-state index in [4.69, 9.17) is 0 Å². The van der Waals surface area contributed by atoms with Crippen molar-refractivity contribution in [2.24, 2.45) is 0 Å². The van der Waals surface area contributed by atoms with Crippen LogP contribution in [-0.2, 0) is 10.8 Å². The van der Waals surface area contributed by atoms with Crippen LogP contribution in [0.25, 0.3) is 65.7 Å². The second-order valence-corrected chi connectivity index (χ2v) is 16.1. The zero-order valence-electron chi connectivity index (χ0n) is 31.8. The molecule has 1 aliphatic rings. The Morgan fingerprint density at radius 3 is 1.33 bits per heavy atom. The molecule has 0 aromatic heterocycles. The summed E-state index contributed by atoms with van der Waals surface area (Å²) in [6.45, 7) is 9.60. The molecule has 0 N–H and O–H groups in total. The molecular weight excluding hydrogens is 663 g/mol. The molecule has 9 aromatic rings. The Kier molecular flexibility index (Phi) is 7.58. The van der Waals surface area contributed by atoms with Crippen LogP contribution in [0, 0.1) is 0 Å². The summed E-state index contributed by atoms with van der Waals surface area (Å²) in [4.78, 5) is 2.45. The van der Waals surface area contributed by atoms with Gasteiger partial charge in [0.25, 0.3) is 0 Å². The van der Waals surface area contributed by atoms with Gasteiger partial charge in [-0.1, -0.05) is 179 Å². The molecule has 0 heterocycles. The van der Waals surface area contributed by atoms with Crippen molar-refractivity contribution in [3.05, 3.63) is 199 Å². The third-order valence-corrected chi connectivity index (χ3v) is 12.8. The van der Waals surface area contributed by atoms with Crippen LogP contribution in [0.3, 0.4) is 0 Å². The summed E-state index contributed by atoms with van der Waals surface area (Å²) < 4.78 is 0. The Balaban J connectivity index is 1.18. The summed E-state index contributed by atoms with van der Waals surface area (Å²) in [5.41, 5.74) is 13.6. The molecule has 0 atom stereocenters. The number of hydrogen-bond donors (Lipinski definition) is 0. The molecule has 0 unspecified atom stereocenters. The van der Waals surface area contributed by atoms with Gasteiger partial charge in [-0.25, -0.2) is 0 Å². The Morgan fingerprint density at radius 2 is 0.727 bits per heavy atom. The van der Waals surface area contributed by atoms with Gasteiger partial charge in [-0.3, -0.25) is 0 Å². The molecule has 0 aliphatic heterocycles. The summed E-state index contributed by atoms with van der Waals surface area (Å²) in [6, 6.07) is 69.5. The van der Waals surface area contributed by atoms with E-state index in [9.17, 15) is 0 Å². The van der Waals surface area contributed by atoms with E-state index in [1.165, 1.54) is 76.8 Å². The average Bonchev–Trinajstić information content (AvgIpc) is 3.24. The molecule has 0 fully saturated rings. The molecule has 0 saturated heterocycles. The summed E-state index contributed by atoms with van der Waals surface area (Å²) >= 11 is 0. The fourth-order valence-corrected chi connectivity index (χ4v) is 9.30. The smallest absolute Gasteiger partial charge is 0.0540 e. The van der Waals surface area contributed by atoms with Crippen LogP contribution >= 0.6 is 0 Å². The van der Waals surface area contributed by atoms with Crippen LogP contribution in [0.15, 0.2) is 188 Å². The Hall–Kier alpha value is -6.44. The number of anilines is 3. The van der Waals surface area contributed by atoms with E-state index in [-0.39, 0.29) is 10.8 Å². The Bertz CT molecular complexity index is 2900. The van der Waals surface area contributed by atoms with Crippen LogP contribution in [0.5, 0.6) is 0 Å². The number of benzene rings is 9. The molecule has 55 heavy (non-hydrogen) atoms. The Labute approximate surface area is 324 Å². The van der Waals surface area contributed by atoms with Gasteiger partial charge in [0, 0.05) is 16.8 Å². The van der Waals surface area contributed by atoms with E-state index in [0.29, 0.717) is 0 Å². The van der Waals surface area contributed by atoms with Gasteiger partial charge in [-0.15, -0.1) is 0 Å². The summed E-state index contributed by atoms with van der Waals surface area (Å²) in [5.74, 6) is 0. The molecule has 1 nitrogen and oxygen atoms in total. The molecule has 1 aliphatic carbocycles. The lowest BCUT2D eigenvalue weighted by atomic mass is 9.55. The van der Waals surface area contributed by atoms with Crippen LogP contribution in [0.1, 0.15) is 38.8 Å². The van der Waals surface area contributed by atoms with Gasteiger partial charge in [0.2, 0.25) is 0 Å². The minimum absolute atomic E-state index is 0.00795. The third kappa shape index (κ3) is 5.07. The van der Waals surface area contributed by atoms with Gasteiger partial charge in [-0.05, 0) is 113 Å². The number of rotatable bonds is 5. The molecule has 0 radical (unpaired) electrons. The maximum Gasteiger partial charge on any atom is 0.0540 e. The standard InChI is InChI=1S/C54H43N/c1-53(2)49-27-15-12-26-46(49)48-35-37(31-33-50(48)54(53,3)4)40-21-14-17-29-52(40)55(38-18-6-5-7-19-38)51-28-16-13-20-39(51)36-30-32-45-43-24-9-8-22-41(43)42-23-10-11-25-44(42)47(45)34-36/h5-35H,1-4H3. The number of para-hydroxylation sites is 3. The predicted molar refractivity (Wildman–Crippen MR) is 236 cm³/mol. The first-order valence-electron chi connectivity index (χ1n) is 19.4. The van der Waals surface area contributed by atoms with Crippen LogP contribution < -0.4 is 4.90 Å². The lowest BCUT2D eigenvalue weighted by Crippen LogP contribution is -2.43. The first-order chi connectivity index (χ1) is 26.8. The van der Waals surface area contributed by atoms with Gasteiger partial charge < -0.3 is 4.90 Å². The Morgan fingerprint density at radius 1 is 0.309 bits per heavy atom. The van der Waals surface area contributed by atoms with Crippen molar-refractivity contribution >= 4 is 49.4 Å². The van der Waals surface area contributed by atoms with E-state index in [1.54, 1.807) is 0 Å². The average molecular weight is 706 g/mol. The van der Waals surface area contributed by atoms with Crippen molar-refractivity contribution in [2.75, 3.05) is 4.90 Å².